The monoisotopic (exact) mass is 278 g/mol. The lowest BCUT2D eigenvalue weighted by Crippen LogP contribution is -2.41. The molecule has 1 aliphatic rings. The molecule has 112 valence electrons. The van der Waals surface area contributed by atoms with E-state index < -0.39 is 0 Å². The van der Waals surface area contributed by atoms with E-state index in [2.05, 4.69) is 24.1 Å². The summed E-state index contributed by atoms with van der Waals surface area (Å²) in [7, 11) is 0. The highest BCUT2D eigenvalue weighted by molar-refractivity contribution is 5.16. The van der Waals surface area contributed by atoms with E-state index in [0.717, 1.165) is 18.0 Å². The van der Waals surface area contributed by atoms with E-state index in [4.69, 9.17) is 0 Å². The molecule has 1 saturated heterocycles. The molecule has 1 heterocycles. The zero-order valence-corrected chi connectivity index (χ0v) is 12.7. The van der Waals surface area contributed by atoms with Crippen molar-refractivity contribution in [3.63, 3.8) is 0 Å². The minimum Gasteiger partial charge on any atom is -0.310 e. The Balaban J connectivity index is 1.74. The highest BCUT2D eigenvalue weighted by Gasteiger charge is 2.22. The standard InChI is InChI=1S/C17H27FN2/c1-3-9-20-10-7-16(8-11-20)14(2)19-13-15-5-4-6-17(18)12-15/h4-6,12,14,16,19H,3,7-11,13H2,1-2H3. The molecule has 1 fully saturated rings. The lowest BCUT2D eigenvalue weighted by molar-refractivity contribution is 0.162. The van der Waals surface area contributed by atoms with Crippen molar-refractivity contribution in [1.82, 2.24) is 10.2 Å². The van der Waals surface area contributed by atoms with Gasteiger partial charge in [0.1, 0.15) is 5.82 Å². The number of hydrogen-bond donors (Lipinski definition) is 1. The number of piperidine rings is 1. The molecule has 0 spiro atoms. The summed E-state index contributed by atoms with van der Waals surface area (Å²) in [6.45, 7) is 8.95. The van der Waals surface area contributed by atoms with Crippen LogP contribution in [0.4, 0.5) is 4.39 Å². The van der Waals surface area contributed by atoms with Crippen LogP contribution in [-0.2, 0) is 6.54 Å². The molecule has 0 bridgehead atoms. The maximum Gasteiger partial charge on any atom is 0.123 e. The fraction of sp³-hybridized carbons (Fsp3) is 0.647. The molecule has 1 N–H and O–H groups in total. The third-order valence-electron chi connectivity index (χ3n) is 4.40. The Morgan fingerprint density at radius 2 is 2.10 bits per heavy atom. The second kappa shape index (κ2) is 7.75. The van der Waals surface area contributed by atoms with E-state index in [9.17, 15) is 4.39 Å². The smallest absolute Gasteiger partial charge is 0.123 e. The van der Waals surface area contributed by atoms with Gasteiger partial charge in [0.25, 0.3) is 0 Å². The van der Waals surface area contributed by atoms with E-state index in [1.165, 1.54) is 45.0 Å². The predicted molar refractivity (Wildman–Crippen MR) is 82.2 cm³/mol. The van der Waals surface area contributed by atoms with E-state index in [1.807, 2.05) is 6.07 Å². The van der Waals surface area contributed by atoms with Crippen molar-refractivity contribution in [2.75, 3.05) is 19.6 Å². The number of benzene rings is 1. The van der Waals surface area contributed by atoms with E-state index in [0.29, 0.717) is 6.04 Å². The van der Waals surface area contributed by atoms with E-state index in [-0.39, 0.29) is 5.82 Å². The fourth-order valence-corrected chi connectivity index (χ4v) is 3.09. The Bertz CT molecular complexity index is 400. The van der Waals surface area contributed by atoms with Crippen molar-refractivity contribution in [1.29, 1.82) is 0 Å². The first-order chi connectivity index (χ1) is 9.69. The molecule has 0 aliphatic carbocycles. The highest BCUT2D eigenvalue weighted by Crippen LogP contribution is 2.21. The van der Waals surface area contributed by atoms with Crippen LogP contribution in [0.2, 0.25) is 0 Å². The summed E-state index contributed by atoms with van der Waals surface area (Å²) in [5.74, 6) is 0.599. The van der Waals surface area contributed by atoms with Gasteiger partial charge in [0.05, 0.1) is 0 Å². The molecule has 20 heavy (non-hydrogen) atoms. The average Bonchev–Trinajstić information content (AvgIpc) is 2.46. The van der Waals surface area contributed by atoms with Gasteiger partial charge in [0, 0.05) is 12.6 Å². The maximum atomic E-state index is 13.1. The van der Waals surface area contributed by atoms with Gasteiger partial charge in [-0.15, -0.1) is 0 Å². The van der Waals surface area contributed by atoms with Crippen molar-refractivity contribution >= 4 is 0 Å². The van der Waals surface area contributed by atoms with Crippen molar-refractivity contribution in [2.24, 2.45) is 5.92 Å². The summed E-state index contributed by atoms with van der Waals surface area (Å²) in [6, 6.07) is 7.37. The summed E-state index contributed by atoms with van der Waals surface area (Å²) in [5.41, 5.74) is 1.03. The molecule has 1 atom stereocenters. The number of halogens is 1. The summed E-state index contributed by atoms with van der Waals surface area (Å²) in [4.78, 5) is 2.57. The first-order valence-electron chi connectivity index (χ1n) is 7.89. The Labute approximate surface area is 122 Å². The first kappa shape index (κ1) is 15.5. The van der Waals surface area contributed by atoms with Gasteiger partial charge in [0.2, 0.25) is 0 Å². The number of nitrogens with zero attached hydrogens (tertiary/aromatic N) is 1. The first-order valence-corrected chi connectivity index (χ1v) is 7.89. The quantitative estimate of drug-likeness (QED) is 0.857. The molecule has 1 aromatic rings. The minimum atomic E-state index is -0.148. The van der Waals surface area contributed by atoms with Crippen LogP contribution in [0.25, 0.3) is 0 Å². The molecule has 3 heteroatoms. The lowest BCUT2D eigenvalue weighted by Gasteiger charge is -2.35. The van der Waals surface area contributed by atoms with Crippen molar-refractivity contribution in [3.05, 3.63) is 35.6 Å². The third-order valence-corrected chi connectivity index (χ3v) is 4.40. The molecule has 1 aromatic carbocycles. The summed E-state index contributed by atoms with van der Waals surface area (Å²) in [5, 5.41) is 3.56. The van der Waals surface area contributed by atoms with Crippen LogP contribution in [0.1, 0.15) is 38.7 Å². The van der Waals surface area contributed by atoms with Crippen molar-refractivity contribution in [3.8, 4) is 0 Å². The Morgan fingerprint density at radius 1 is 1.35 bits per heavy atom. The van der Waals surface area contributed by atoms with Crippen LogP contribution in [0.3, 0.4) is 0 Å². The molecular weight excluding hydrogens is 251 g/mol. The van der Waals surface area contributed by atoms with Crippen LogP contribution in [0, 0.1) is 11.7 Å². The third kappa shape index (κ3) is 4.57. The Morgan fingerprint density at radius 3 is 2.75 bits per heavy atom. The summed E-state index contributed by atoms with van der Waals surface area (Å²) >= 11 is 0. The van der Waals surface area contributed by atoms with Gasteiger partial charge in [-0.3, -0.25) is 0 Å². The zero-order chi connectivity index (χ0) is 14.4. The molecule has 0 amide bonds. The molecule has 2 nitrogen and oxygen atoms in total. The van der Waals surface area contributed by atoms with Gasteiger partial charge in [0.15, 0.2) is 0 Å². The van der Waals surface area contributed by atoms with Crippen LogP contribution in [0.5, 0.6) is 0 Å². The van der Waals surface area contributed by atoms with Gasteiger partial charge < -0.3 is 10.2 Å². The molecule has 2 rings (SSSR count). The van der Waals surface area contributed by atoms with Crippen molar-refractivity contribution in [2.45, 2.75) is 45.7 Å². The topological polar surface area (TPSA) is 15.3 Å². The molecule has 0 saturated carbocycles. The largest absolute Gasteiger partial charge is 0.310 e. The SMILES string of the molecule is CCCN1CCC(C(C)NCc2cccc(F)c2)CC1. The lowest BCUT2D eigenvalue weighted by atomic mass is 9.90. The van der Waals surface area contributed by atoms with Gasteiger partial charge in [-0.2, -0.15) is 0 Å². The van der Waals surface area contributed by atoms with Crippen LogP contribution >= 0.6 is 0 Å². The summed E-state index contributed by atoms with van der Waals surface area (Å²) in [6.07, 6.45) is 3.80. The van der Waals surface area contributed by atoms with E-state index in [1.54, 1.807) is 12.1 Å². The number of rotatable bonds is 6. The second-order valence-corrected chi connectivity index (χ2v) is 5.98. The fourth-order valence-electron chi connectivity index (χ4n) is 3.09. The predicted octanol–water partition coefficient (Wildman–Crippen LogP) is 3.43. The normalized spacial score (nSPS) is 19.1. The number of hydrogen-bond acceptors (Lipinski definition) is 2. The number of likely N-dealkylation sites (tertiary alicyclic amines) is 1. The average molecular weight is 278 g/mol. The van der Waals surface area contributed by atoms with Crippen LogP contribution in [0.15, 0.2) is 24.3 Å². The Hall–Kier alpha value is -0.930. The maximum absolute atomic E-state index is 13.1. The molecule has 0 aromatic heterocycles. The molecule has 1 unspecified atom stereocenters. The van der Waals surface area contributed by atoms with Crippen LogP contribution < -0.4 is 5.32 Å². The molecule has 0 radical (unpaired) electrons. The van der Waals surface area contributed by atoms with Gasteiger partial charge >= 0.3 is 0 Å². The minimum absolute atomic E-state index is 0.148. The molecular formula is C17H27FN2. The van der Waals surface area contributed by atoms with Gasteiger partial charge in [-0.25, -0.2) is 4.39 Å². The summed E-state index contributed by atoms with van der Waals surface area (Å²) < 4.78 is 13.1. The molecule has 1 aliphatic heterocycles. The van der Waals surface area contributed by atoms with Crippen LogP contribution in [-0.4, -0.2) is 30.6 Å². The van der Waals surface area contributed by atoms with E-state index >= 15 is 0 Å². The highest BCUT2D eigenvalue weighted by atomic mass is 19.1. The van der Waals surface area contributed by atoms with Gasteiger partial charge in [-0.05, 0) is 69.4 Å². The Kier molecular flexibility index (Phi) is 5.99. The van der Waals surface area contributed by atoms with Crippen molar-refractivity contribution < 1.29 is 4.39 Å². The zero-order valence-electron chi connectivity index (χ0n) is 12.7. The number of nitrogens with one attached hydrogen (secondary N) is 1. The van der Waals surface area contributed by atoms with Gasteiger partial charge in [-0.1, -0.05) is 19.1 Å². The second-order valence-electron chi connectivity index (χ2n) is 5.98.